The molecule has 0 amide bonds. The summed E-state index contributed by atoms with van der Waals surface area (Å²) in [5.74, 6) is 1.63. The molecule has 5 rings (SSSR count). The number of anilines is 1. The van der Waals surface area contributed by atoms with Crippen LogP contribution in [0.1, 0.15) is 18.1 Å². The molecule has 0 radical (unpaired) electrons. The lowest BCUT2D eigenvalue weighted by Crippen LogP contribution is -2.06. The predicted octanol–water partition coefficient (Wildman–Crippen LogP) is 6.48. The Balaban J connectivity index is 1.40. The molecule has 5 aromatic rings. The Bertz CT molecular complexity index is 1590. The first-order valence-corrected chi connectivity index (χ1v) is 13.0. The fraction of sp³-hybridized carbons (Fsp3) is 0.154. The molecule has 2 N–H and O–H groups in total. The number of phenols is 1. The number of fused-ring (bicyclic) bond motifs is 2. The molecule has 3 atom stereocenters. The summed E-state index contributed by atoms with van der Waals surface area (Å²) in [7, 11) is 6.42. The van der Waals surface area contributed by atoms with Crippen LogP contribution in [0.25, 0.3) is 21.1 Å². The van der Waals surface area contributed by atoms with Gasteiger partial charge in [0, 0.05) is 35.6 Å². The van der Waals surface area contributed by atoms with Gasteiger partial charge in [0.05, 0.1) is 22.8 Å². The minimum absolute atomic E-state index is 0.0199. The lowest BCUT2D eigenvalue weighted by atomic mass is 10.1. The van der Waals surface area contributed by atoms with E-state index in [0.29, 0.717) is 34.9 Å². The molecule has 184 valence electrons. The summed E-state index contributed by atoms with van der Waals surface area (Å²) < 4.78 is 26.8. The number of rotatable bonds is 7. The van der Waals surface area contributed by atoms with Gasteiger partial charge in [-0.15, -0.1) is 9.24 Å². The van der Waals surface area contributed by atoms with E-state index in [1.165, 1.54) is 25.4 Å². The minimum Gasteiger partial charge on any atom is -0.504 e. The summed E-state index contributed by atoms with van der Waals surface area (Å²) in [6.07, 6.45) is 1.64. The van der Waals surface area contributed by atoms with Crippen LogP contribution in [0.15, 0.2) is 60.8 Å². The molecular formula is C26H24FN3O3P2S. The topological polar surface area (TPSA) is 76.5 Å². The molecule has 0 aliphatic carbocycles. The van der Waals surface area contributed by atoms with Crippen molar-refractivity contribution in [2.45, 2.75) is 18.9 Å². The van der Waals surface area contributed by atoms with Crippen LogP contribution in [0.3, 0.4) is 0 Å². The van der Waals surface area contributed by atoms with Gasteiger partial charge in [-0.3, -0.25) is 4.98 Å². The SMILES string of the molecule is COc1cc2c(Oc3cc4sc(NCc5cccc(C(C)(F)P)c5)nc4cc3P)ccnc2cc1O. The molecular weight excluding hydrogens is 515 g/mol. The van der Waals surface area contributed by atoms with Crippen molar-refractivity contribution < 1.29 is 19.0 Å². The summed E-state index contributed by atoms with van der Waals surface area (Å²) in [5.41, 5.74) is 3.03. The van der Waals surface area contributed by atoms with Crippen molar-refractivity contribution in [2.24, 2.45) is 0 Å². The Morgan fingerprint density at radius 2 is 1.92 bits per heavy atom. The van der Waals surface area contributed by atoms with E-state index < -0.39 is 5.41 Å². The smallest absolute Gasteiger partial charge is 0.184 e. The molecule has 0 saturated carbocycles. The summed E-state index contributed by atoms with van der Waals surface area (Å²) in [4.78, 5) is 9.02. The van der Waals surface area contributed by atoms with Crippen molar-refractivity contribution in [3.05, 3.63) is 71.9 Å². The van der Waals surface area contributed by atoms with E-state index in [4.69, 9.17) is 14.5 Å². The number of hydrogen-bond donors (Lipinski definition) is 2. The van der Waals surface area contributed by atoms with E-state index in [2.05, 4.69) is 28.8 Å². The first-order chi connectivity index (χ1) is 17.2. The molecule has 0 aliphatic rings. The fourth-order valence-electron chi connectivity index (χ4n) is 3.81. The van der Waals surface area contributed by atoms with Crippen LogP contribution >= 0.6 is 29.8 Å². The summed E-state index contributed by atoms with van der Waals surface area (Å²) in [5, 5.41) is 14.3. The number of pyridine rings is 1. The third kappa shape index (κ3) is 5.08. The number of alkyl halides is 1. The third-order valence-electron chi connectivity index (χ3n) is 5.68. The zero-order valence-corrected chi connectivity index (χ0v) is 22.7. The number of aromatic hydroxyl groups is 1. The highest BCUT2D eigenvalue weighted by atomic mass is 32.1. The average Bonchev–Trinajstić information content (AvgIpc) is 3.24. The van der Waals surface area contributed by atoms with Gasteiger partial charge in [0.15, 0.2) is 16.6 Å². The lowest BCUT2D eigenvalue weighted by Gasteiger charge is -2.15. The molecule has 0 aliphatic heterocycles. The van der Waals surface area contributed by atoms with Crippen LogP contribution in [0.4, 0.5) is 9.52 Å². The molecule has 3 aromatic carbocycles. The van der Waals surface area contributed by atoms with Crippen LogP contribution in [0.2, 0.25) is 0 Å². The second kappa shape index (κ2) is 9.78. The second-order valence-electron chi connectivity index (χ2n) is 8.46. The van der Waals surface area contributed by atoms with E-state index in [1.807, 2.05) is 30.3 Å². The number of ether oxygens (including phenoxy) is 2. The number of nitrogens with zero attached hydrogens (tertiary/aromatic N) is 2. The predicted molar refractivity (Wildman–Crippen MR) is 151 cm³/mol. The Labute approximate surface area is 216 Å². The number of aromatic nitrogens is 2. The number of hydrogen-bond acceptors (Lipinski definition) is 7. The monoisotopic (exact) mass is 539 g/mol. The van der Waals surface area contributed by atoms with Gasteiger partial charge in [-0.2, -0.15) is 0 Å². The minimum atomic E-state index is -1.47. The van der Waals surface area contributed by atoms with Crippen molar-refractivity contribution in [3.63, 3.8) is 0 Å². The van der Waals surface area contributed by atoms with E-state index >= 15 is 0 Å². The number of methoxy groups -OCH3 is 1. The van der Waals surface area contributed by atoms with Crippen LogP contribution in [0, 0.1) is 0 Å². The molecule has 0 saturated heterocycles. The standard InChI is InChI=1S/C26H24FN3O3P2S/c1-26(27,35)15-5-3-4-14(8-15)13-29-25-30-18-11-23(34)22(12-24(18)36-25)33-20-6-7-28-17-10-19(31)21(32-2)9-16(17)20/h3-12,31H,13,34-35H2,1-2H3,(H,29,30). The Kier molecular flexibility index (Phi) is 6.69. The number of thiazole rings is 1. The Morgan fingerprint density at radius 3 is 2.69 bits per heavy atom. The number of phenolic OH excluding ortho intramolecular Hbond substituents is 1. The first kappa shape index (κ1) is 24.6. The maximum absolute atomic E-state index is 14.3. The third-order valence-corrected chi connectivity index (χ3v) is 7.44. The highest BCUT2D eigenvalue weighted by Crippen LogP contribution is 2.38. The molecule has 36 heavy (non-hydrogen) atoms. The normalized spacial score (nSPS) is 13.0. The van der Waals surface area contributed by atoms with Crippen molar-refractivity contribution in [2.75, 3.05) is 12.4 Å². The zero-order chi connectivity index (χ0) is 25.4. The van der Waals surface area contributed by atoms with Crippen molar-refractivity contribution >= 4 is 61.4 Å². The molecule has 3 unspecified atom stereocenters. The van der Waals surface area contributed by atoms with Gasteiger partial charge in [-0.05, 0) is 36.2 Å². The van der Waals surface area contributed by atoms with Crippen LogP contribution < -0.4 is 20.1 Å². The van der Waals surface area contributed by atoms with Gasteiger partial charge in [0.25, 0.3) is 0 Å². The second-order valence-corrected chi connectivity index (χ2v) is 11.2. The quantitative estimate of drug-likeness (QED) is 0.231. The average molecular weight is 540 g/mol. The van der Waals surface area contributed by atoms with Crippen LogP contribution in [-0.2, 0) is 12.0 Å². The molecule has 0 bridgehead atoms. The van der Waals surface area contributed by atoms with E-state index in [-0.39, 0.29) is 5.75 Å². The van der Waals surface area contributed by atoms with Crippen molar-refractivity contribution in [3.8, 4) is 23.0 Å². The van der Waals surface area contributed by atoms with Crippen LogP contribution in [0.5, 0.6) is 23.0 Å². The highest BCUT2D eigenvalue weighted by molar-refractivity contribution is 7.28. The van der Waals surface area contributed by atoms with Gasteiger partial charge in [0.2, 0.25) is 0 Å². The fourth-order valence-corrected chi connectivity index (χ4v) is 5.16. The van der Waals surface area contributed by atoms with Gasteiger partial charge in [-0.25, -0.2) is 9.37 Å². The Morgan fingerprint density at radius 1 is 1.08 bits per heavy atom. The summed E-state index contributed by atoms with van der Waals surface area (Å²) in [6.45, 7) is 2.05. The highest BCUT2D eigenvalue weighted by Gasteiger charge is 2.19. The maximum Gasteiger partial charge on any atom is 0.184 e. The van der Waals surface area contributed by atoms with Gasteiger partial charge in [-0.1, -0.05) is 44.8 Å². The lowest BCUT2D eigenvalue weighted by molar-refractivity contribution is 0.323. The molecule has 2 heterocycles. The van der Waals surface area contributed by atoms with Crippen molar-refractivity contribution in [1.29, 1.82) is 0 Å². The molecule has 10 heteroatoms. The van der Waals surface area contributed by atoms with Crippen molar-refractivity contribution in [1.82, 2.24) is 9.97 Å². The molecule has 2 aromatic heterocycles. The first-order valence-electron chi connectivity index (χ1n) is 11.1. The van der Waals surface area contributed by atoms with Crippen LogP contribution in [-0.4, -0.2) is 22.2 Å². The molecule has 0 spiro atoms. The maximum atomic E-state index is 14.3. The number of halogens is 1. The van der Waals surface area contributed by atoms with E-state index in [1.54, 1.807) is 30.5 Å². The summed E-state index contributed by atoms with van der Waals surface area (Å²) in [6, 6.07) is 16.4. The summed E-state index contributed by atoms with van der Waals surface area (Å²) >= 11 is 1.52. The zero-order valence-electron chi connectivity index (χ0n) is 19.6. The largest absolute Gasteiger partial charge is 0.504 e. The van der Waals surface area contributed by atoms with E-state index in [9.17, 15) is 9.50 Å². The molecule has 6 nitrogen and oxygen atoms in total. The van der Waals surface area contributed by atoms with E-state index in [0.717, 1.165) is 31.6 Å². The Hall–Kier alpha value is -3.05. The van der Waals surface area contributed by atoms with Gasteiger partial charge in [0.1, 0.15) is 16.9 Å². The number of nitrogens with one attached hydrogen (secondary N) is 1. The van der Waals surface area contributed by atoms with Gasteiger partial charge < -0.3 is 19.9 Å². The molecule has 0 fully saturated rings. The number of benzene rings is 3. The van der Waals surface area contributed by atoms with Gasteiger partial charge >= 0.3 is 0 Å².